The summed E-state index contributed by atoms with van der Waals surface area (Å²) in [6.07, 6.45) is 1.50. The van der Waals surface area contributed by atoms with Gasteiger partial charge in [0.05, 0.1) is 17.3 Å². The number of hydrogen-bond donors (Lipinski definition) is 2. The molecule has 6 nitrogen and oxygen atoms in total. The van der Waals surface area contributed by atoms with Crippen LogP contribution in [0, 0.1) is 11.6 Å². The zero-order valence-electron chi connectivity index (χ0n) is 14.0. The predicted molar refractivity (Wildman–Crippen MR) is 92.2 cm³/mol. The summed E-state index contributed by atoms with van der Waals surface area (Å²) in [5.41, 5.74) is 4.42. The molecule has 138 valence electrons. The zero-order valence-corrected chi connectivity index (χ0v) is 14.0. The van der Waals surface area contributed by atoms with E-state index < -0.39 is 23.4 Å². The smallest absolute Gasteiger partial charge is 0.272 e. The number of nitrogens with one attached hydrogen (secondary N) is 2. The van der Waals surface area contributed by atoms with E-state index in [1.54, 1.807) is 18.2 Å². The standard InChI is InChI=1S/C19H15F2N3O3/c20-14-7-3-1-5-12(14)16-11-22-18(27-16)10-9-17(25)23-24-19(26)13-6-2-4-8-15(13)21/h1-8,11H,9-10H2,(H,23,25)(H,24,26). The molecule has 0 atom stereocenters. The van der Waals surface area contributed by atoms with Crippen LogP contribution in [-0.2, 0) is 11.2 Å². The van der Waals surface area contributed by atoms with Crippen molar-refractivity contribution in [2.75, 3.05) is 0 Å². The molecule has 0 aliphatic carbocycles. The molecule has 0 aliphatic rings. The number of carbonyl (C=O) groups excluding carboxylic acids is 2. The molecular weight excluding hydrogens is 356 g/mol. The second kappa shape index (κ2) is 8.22. The topological polar surface area (TPSA) is 84.2 Å². The Morgan fingerprint density at radius 1 is 0.963 bits per heavy atom. The maximum Gasteiger partial charge on any atom is 0.272 e. The highest BCUT2D eigenvalue weighted by molar-refractivity contribution is 5.95. The van der Waals surface area contributed by atoms with Crippen LogP contribution >= 0.6 is 0 Å². The van der Waals surface area contributed by atoms with Gasteiger partial charge in [-0.1, -0.05) is 24.3 Å². The molecule has 0 fully saturated rings. The Morgan fingerprint density at radius 2 is 1.67 bits per heavy atom. The number of rotatable bonds is 5. The number of amides is 2. The van der Waals surface area contributed by atoms with Crippen molar-refractivity contribution in [3.05, 3.63) is 77.8 Å². The quantitative estimate of drug-likeness (QED) is 0.676. The van der Waals surface area contributed by atoms with Gasteiger partial charge in [-0.25, -0.2) is 13.8 Å². The van der Waals surface area contributed by atoms with Crippen LogP contribution in [0.5, 0.6) is 0 Å². The summed E-state index contributed by atoms with van der Waals surface area (Å²) in [5.74, 6) is -1.89. The number of aromatic nitrogens is 1. The molecule has 0 radical (unpaired) electrons. The van der Waals surface area contributed by atoms with E-state index in [4.69, 9.17) is 4.42 Å². The van der Waals surface area contributed by atoms with Gasteiger partial charge in [-0.05, 0) is 24.3 Å². The normalized spacial score (nSPS) is 10.4. The maximum absolute atomic E-state index is 13.7. The number of oxazole rings is 1. The summed E-state index contributed by atoms with van der Waals surface area (Å²) < 4.78 is 32.7. The third kappa shape index (κ3) is 4.55. The predicted octanol–water partition coefficient (Wildman–Crippen LogP) is 3.01. The van der Waals surface area contributed by atoms with Gasteiger partial charge in [0.2, 0.25) is 5.91 Å². The molecule has 0 bridgehead atoms. The molecule has 2 aromatic carbocycles. The van der Waals surface area contributed by atoms with Crippen LogP contribution in [0.2, 0.25) is 0 Å². The van der Waals surface area contributed by atoms with Gasteiger partial charge in [0.15, 0.2) is 11.7 Å². The van der Waals surface area contributed by atoms with Crippen molar-refractivity contribution in [2.24, 2.45) is 0 Å². The molecule has 1 aromatic heterocycles. The van der Waals surface area contributed by atoms with Gasteiger partial charge in [-0.15, -0.1) is 0 Å². The Kier molecular flexibility index (Phi) is 5.55. The van der Waals surface area contributed by atoms with Crippen LogP contribution < -0.4 is 10.9 Å². The number of carbonyl (C=O) groups is 2. The summed E-state index contributed by atoms with van der Waals surface area (Å²) in [5, 5.41) is 0. The fourth-order valence-corrected chi connectivity index (χ4v) is 2.33. The lowest BCUT2D eigenvalue weighted by Gasteiger charge is -2.07. The Balaban J connectivity index is 1.51. The van der Waals surface area contributed by atoms with E-state index in [-0.39, 0.29) is 35.6 Å². The van der Waals surface area contributed by atoms with Gasteiger partial charge in [-0.3, -0.25) is 20.4 Å². The van der Waals surface area contributed by atoms with Crippen LogP contribution in [0.25, 0.3) is 11.3 Å². The number of hydrazine groups is 1. The van der Waals surface area contributed by atoms with Crippen molar-refractivity contribution in [3.8, 4) is 11.3 Å². The van der Waals surface area contributed by atoms with Gasteiger partial charge in [0, 0.05) is 12.8 Å². The van der Waals surface area contributed by atoms with Gasteiger partial charge < -0.3 is 4.42 Å². The first kappa shape index (κ1) is 18.2. The number of halogens is 2. The SMILES string of the molecule is O=C(CCc1ncc(-c2ccccc2F)o1)NNC(=O)c1ccccc1F. The lowest BCUT2D eigenvalue weighted by molar-refractivity contribution is -0.121. The summed E-state index contributed by atoms with van der Waals surface area (Å²) in [4.78, 5) is 27.6. The van der Waals surface area contributed by atoms with Crippen molar-refractivity contribution in [1.29, 1.82) is 0 Å². The molecule has 0 saturated heterocycles. The van der Waals surface area contributed by atoms with Crippen LogP contribution in [0.15, 0.2) is 59.1 Å². The minimum absolute atomic E-state index is 0.0330. The number of benzene rings is 2. The van der Waals surface area contributed by atoms with E-state index in [0.717, 1.165) is 6.07 Å². The first-order chi connectivity index (χ1) is 13.0. The van der Waals surface area contributed by atoms with E-state index >= 15 is 0 Å². The van der Waals surface area contributed by atoms with Gasteiger partial charge in [0.1, 0.15) is 11.6 Å². The van der Waals surface area contributed by atoms with Crippen molar-refractivity contribution in [1.82, 2.24) is 15.8 Å². The van der Waals surface area contributed by atoms with E-state index in [2.05, 4.69) is 15.8 Å². The fraction of sp³-hybridized carbons (Fsp3) is 0.105. The molecule has 2 amide bonds. The molecule has 0 spiro atoms. The number of hydrogen-bond acceptors (Lipinski definition) is 4. The summed E-state index contributed by atoms with van der Waals surface area (Å²) in [6.45, 7) is 0. The lowest BCUT2D eigenvalue weighted by atomic mass is 10.2. The lowest BCUT2D eigenvalue weighted by Crippen LogP contribution is -2.42. The second-order valence-electron chi connectivity index (χ2n) is 5.58. The van der Waals surface area contributed by atoms with Gasteiger partial charge in [-0.2, -0.15) is 0 Å². The largest absolute Gasteiger partial charge is 0.441 e. The third-order valence-corrected chi connectivity index (χ3v) is 3.69. The highest BCUT2D eigenvalue weighted by Gasteiger charge is 2.14. The molecule has 3 aromatic rings. The van der Waals surface area contributed by atoms with Crippen LogP contribution in [0.4, 0.5) is 8.78 Å². The third-order valence-electron chi connectivity index (χ3n) is 3.69. The first-order valence-electron chi connectivity index (χ1n) is 8.08. The van der Waals surface area contributed by atoms with E-state index in [1.165, 1.54) is 30.5 Å². The Bertz CT molecular complexity index is 972. The van der Waals surface area contributed by atoms with Crippen LogP contribution in [0.3, 0.4) is 0 Å². The maximum atomic E-state index is 13.7. The molecule has 3 rings (SSSR count). The van der Waals surface area contributed by atoms with Gasteiger partial charge >= 0.3 is 0 Å². The molecule has 0 unspecified atom stereocenters. The van der Waals surface area contributed by atoms with E-state index in [1.807, 2.05) is 0 Å². The van der Waals surface area contributed by atoms with Crippen molar-refractivity contribution < 1.29 is 22.8 Å². The molecule has 1 heterocycles. The molecule has 8 heteroatoms. The molecule has 27 heavy (non-hydrogen) atoms. The molecule has 0 aliphatic heterocycles. The van der Waals surface area contributed by atoms with Crippen molar-refractivity contribution in [2.45, 2.75) is 12.8 Å². The van der Waals surface area contributed by atoms with Crippen LogP contribution in [0.1, 0.15) is 22.7 Å². The summed E-state index contributed by atoms with van der Waals surface area (Å²) >= 11 is 0. The summed E-state index contributed by atoms with van der Waals surface area (Å²) in [7, 11) is 0. The fourth-order valence-electron chi connectivity index (χ4n) is 2.33. The molecular formula is C19H15F2N3O3. The highest BCUT2D eigenvalue weighted by atomic mass is 19.1. The monoisotopic (exact) mass is 371 g/mol. The first-order valence-corrected chi connectivity index (χ1v) is 8.08. The molecule has 2 N–H and O–H groups in total. The zero-order chi connectivity index (χ0) is 19.2. The van der Waals surface area contributed by atoms with E-state index in [0.29, 0.717) is 0 Å². The number of nitrogens with zero attached hydrogens (tertiary/aromatic N) is 1. The van der Waals surface area contributed by atoms with Gasteiger partial charge in [0.25, 0.3) is 5.91 Å². The number of aryl methyl sites for hydroxylation is 1. The van der Waals surface area contributed by atoms with Crippen molar-refractivity contribution in [3.63, 3.8) is 0 Å². The Morgan fingerprint density at radius 3 is 2.41 bits per heavy atom. The summed E-state index contributed by atoms with van der Waals surface area (Å²) in [6, 6.07) is 11.5. The molecule has 0 saturated carbocycles. The average Bonchev–Trinajstić information content (AvgIpc) is 3.14. The van der Waals surface area contributed by atoms with E-state index in [9.17, 15) is 18.4 Å². The minimum Gasteiger partial charge on any atom is -0.441 e. The Labute approximate surface area is 153 Å². The highest BCUT2D eigenvalue weighted by Crippen LogP contribution is 2.23. The van der Waals surface area contributed by atoms with Crippen molar-refractivity contribution >= 4 is 11.8 Å². The second-order valence-corrected chi connectivity index (χ2v) is 5.58. The van der Waals surface area contributed by atoms with Crippen LogP contribution in [-0.4, -0.2) is 16.8 Å². The Hall–Kier alpha value is -3.55. The minimum atomic E-state index is -0.764. The average molecular weight is 371 g/mol.